The lowest BCUT2D eigenvalue weighted by Crippen LogP contribution is -2.01. The van der Waals surface area contributed by atoms with E-state index in [1.165, 1.54) is 0 Å². The summed E-state index contributed by atoms with van der Waals surface area (Å²) in [6.45, 7) is 2.82. The van der Waals surface area contributed by atoms with Gasteiger partial charge in [0.1, 0.15) is 6.10 Å². The van der Waals surface area contributed by atoms with Gasteiger partial charge in [-0.25, -0.2) is 4.98 Å². The maximum Gasteiger partial charge on any atom is 0.124 e. The van der Waals surface area contributed by atoms with E-state index in [1.54, 1.807) is 30.7 Å². The van der Waals surface area contributed by atoms with E-state index >= 15 is 0 Å². The third-order valence-corrected chi connectivity index (χ3v) is 2.94. The monoisotopic (exact) mass is 251 g/mol. The molecule has 5 heteroatoms. The molecule has 0 aliphatic rings. The molecule has 1 aromatic carbocycles. The van der Waals surface area contributed by atoms with Crippen LogP contribution in [0.25, 0.3) is 0 Å². The van der Waals surface area contributed by atoms with Crippen LogP contribution >= 0.6 is 11.6 Å². The second kappa shape index (κ2) is 4.77. The van der Waals surface area contributed by atoms with Crippen molar-refractivity contribution in [3.8, 4) is 0 Å². The summed E-state index contributed by atoms with van der Waals surface area (Å²) in [6.07, 6.45) is 2.66. The van der Waals surface area contributed by atoms with E-state index in [0.29, 0.717) is 22.0 Å². The number of halogens is 1. The van der Waals surface area contributed by atoms with Crippen molar-refractivity contribution < 1.29 is 5.11 Å². The minimum absolute atomic E-state index is 0.448. The molecule has 90 valence electrons. The molecule has 0 spiro atoms. The first-order valence-corrected chi connectivity index (χ1v) is 5.74. The summed E-state index contributed by atoms with van der Waals surface area (Å²) in [5.41, 5.74) is 7.38. The Labute approximate surface area is 105 Å². The predicted octanol–water partition coefficient (Wildman–Crippen LogP) is 2.22. The number of nitrogens with two attached hydrogens (primary N) is 1. The number of anilines is 1. The number of nitrogen functional groups attached to an aromatic ring is 1. The van der Waals surface area contributed by atoms with Gasteiger partial charge in [-0.2, -0.15) is 0 Å². The topological polar surface area (TPSA) is 64.1 Å². The van der Waals surface area contributed by atoms with Crippen LogP contribution in [0.3, 0.4) is 0 Å². The molecule has 2 aromatic rings. The van der Waals surface area contributed by atoms with Crippen molar-refractivity contribution in [1.29, 1.82) is 0 Å². The second-order valence-electron chi connectivity index (χ2n) is 3.81. The van der Waals surface area contributed by atoms with Gasteiger partial charge in [-0.1, -0.05) is 17.7 Å². The highest BCUT2D eigenvalue weighted by Gasteiger charge is 2.16. The lowest BCUT2D eigenvalue weighted by atomic mass is 10.1. The highest BCUT2D eigenvalue weighted by Crippen LogP contribution is 2.28. The summed E-state index contributed by atoms with van der Waals surface area (Å²) in [4.78, 5) is 4.15. The fourth-order valence-corrected chi connectivity index (χ4v) is 1.91. The van der Waals surface area contributed by atoms with E-state index < -0.39 is 6.10 Å². The van der Waals surface area contributed by atoms with Crippen molar-refractivity contribution >= 4 is 17.3 Å². The first-order valence-electron chi connectivity index (χ1n) is 5.36. The number of benzene rings is 1. The third-order valence-electron chi connectivity index (χ3n) is 2.62. The molecule has 3 N–H and O–H groups in total. The SMILES string of the molecule is CCn1cnc(C(O)c2ccc(N)cc2Cl)c1. The molecule has 0 aliphatic carbocycles. The smallest absolute Gasteiger partial charge is 0.124 e. The standard InChI is InChI=1S/C12H14ClN3O/c1-2-16-6-11(15-7-16)12(17)9-4-3-8(14)5-10(9)13/h3-7,12,17H,2,14H2,1H3. The molecule has 4 nitrogen and oxygen atoms in total. The number of hydrogen-bond donors (Lipinski definition) is 2. The molecular formula is C12H14ClN3O. The molecule has 1 heterocycles. The van der Waals surface area contributed by atoms with Crippen molar-refractivity contribution in [3.63, 3.8) is 0 Å². The average molecular weight is 252 g/mol. The predicted molar refractivity (Wildman–Crippen MR) is 67.8 cm³/mol. The van der Waals surface area contributed by atoms with Crippen LogP contribution in [0.2, 0.25) is 5.02 Å². The van der Waals surface area contributed by atoms with Gasteiger partial charge in [-0.3, -0.25) is 0 Å². The zero-order chi connectivity index (χ0) is 12.4. The molecule has 0 saturated carbocycles. The molecule has 0 saturated heterocycles. The molecule has 0 aliphatic heterocycles. The maximum absolute atomic E-state index is 10.2. The summed E-state index contributed by atoms with van der Waals surface area (Å²) < 4.78 is 1.89. The zero-order valence-electron chi connectivity index (χ0n) is 9.47. The minimum atomic E-state index is -0.823. The van der Waals surface area contributed by atoms with E-state index in [0.717, 1.165) is 6.54 Å². The van der Waals surface area contributed by atoms with Gasteiger partial charge in [0.05, 0.1) is 12.0 Å². The van der Waals surface area contributed by atoms with Crippen LogP contribution in [0.5, 0.6) is 0 Å². The Bertz CT molecular complexity index is 524. The van der Waals surface area contributed by atoms with Gasteiger partial charge in [0, 0.05) is 29.0 Å². The van der Waals surface area contributed by atoms with Crippen molar-refractivity contribution in [1.82, 2.24) is 9.55 Å². The van der Waals surface area contributed by atoms with Crippen LogP contribution in [0.1, 0.15) is 24.3 Å². The van der Waals surface area contributed by atoms with Crippen LogP contribution in [0.15, 0.2) is 30.7 Å². The van der Waals surface area contributed by atoms with Crippen LogP contribution < -0.4 is 5.73 Å². The highest BCUT2D eigenvalue weighted by atomic mass is 35.5. The number of aromatic nitrogens is 2. The van der Waals surface area contributed by atoms with Crippen molar-refractivity contribution in [2.75, 3.05) is 5.73 Å². The summed E-state index contributed by atoms with van der Waals surface area (Å²) in [6, 6.07) is 5.05. The summed E-state index contributed by atoms with van der Waals surface area (Å²) >= 11 is 6.04. The molecule has 0 bridgehead atoms. The van der Waals surface area contributed by atoms with E-state index in [4.69, 9.17) is 17.3 Å². The molecule has 0 amide bonds. The minimum Gasteiger partial charge on any atom is -0.399 e. The Hall–Kier alpha value is -1.52. The van der Waals surface area contributed by atoms with Crippen LogP contribution in [0.4, 0.5) is 5.69 Å². The Morgan fingerprint density at radius 2 is 2.29 bits per heavy atom. The summed E-state index contributed by atoms with van der Waals surface area (Å²) in [5.74, 6) is 0. The van der Waals surface area contributed by atoms with E-state index in [2.05, 4.69) is 4.98 Å². The number of hydrogen-bond acceptors (Lipinski definition) is 3. The third kappa shape index (κ3) is 2.43. The lowest BCUT2D eigenvalue weighted by molar-refractivity contribution is 0.216. The van der Waals surface area contributed by atoms with Gasteiger partial charge in [-0.05, 0) is 19.1 Å². The van der Waals surface area contributed by atoms with Crippen molar-refractivity contribution in [2.24, 2.45) is 0 Å². The number of rotatable bonds is 3. The van der Waals surface area contributed by atoms with Crippen LogP contribution in [-0.4, -0.2) is 14.7 Å². The largest absolute Gasteiger partial charge is 0.399 e. The van der Waals surface area contributed by atoms with Crippen molar-refractivity contribution in [3.05, 3.63) is 47.0 Å². The normalized spacial score (nSPS) is 12.6. The average Bonchev–Trinajstić information content (AvgIpc) is 2.76. The van der Waals surface area contributed by atoms with Gasteiger partial charge in [0.2, 0.25) is 0 Å². The van der Waals surface area contributed by atoms with Gasteiger partial charge in [0.15, 0.2) is 0 Å². The Balaban J connectivity index is 2.33. The molecule has 0 radical (unpaired) electrons. The zero-order valence-corrected chi connectivity index (χ0v) is 10.2. The molecule has 1 atom stereocenters. The summed E-state index contributed by atoms with van der Waals surface area (Å²) in [5, 5.41) is 10.6. The molecule has 1 unspecified atom stereocenters. The first-order chi connectivity index (χ1) is 8.11. The number of aryl methyl sites for hydroxylation is 1. The fourth-order valence-electron chi connectivity index (χ4n) is 1.62. The van der Waals surface area contributed by atoms with E-state index in [9.17, 15) is 5.11 Å². The quantitative estimate of drug-likeness (QED) is 0.823. The fraction of sp³-hybridized carbons (Fsp3) is 0.250. The Kier molecular flexibility index (Phi) is 3.36. The van der Waals surface area contributed by atoms with Crippen molar-refractivity contribution in [2.45, 2.75) is 19.6 Å². The highest BCUT2D eigenvalue weighted by molar-refractivity contribution is 6.31. The van der Waals surface area contributed by atoms with Gasteiger partial charge in [0.25, 0.3) is 0 Å². The number of nitrogens with zero attached hydrogens (tertiary/aromatic N) is 2. The molecule has 2 rings (SSSR count). The van der Waals surface area contributed by atoms with Crippen LogP contribution in [-0.2, 0) is 6.54 Å². The second-order valence-corrected chi connectivity index (χ2v) is 4.22. The van der Waals surface area contributed by atoms with Crippen LogP contribution in [0, 0.1) is 0 Å². The number of imidazole rings is 1. The Morgan fingerprint density at radius 3 is 2.88 bits per heavy atom. The van der Waals surface area contributed by atoms with Gasteiger partial charge in [-0.15, -0.1) is 0 Å². The van der Waals surface area contributed by atoms with Gasteiger partial charge >= 0.3 is 0 Å². The van der Waals surface area contributed by atoms with E-state index in [-0.39, 0.29) is 0 Å². The lowest BCUT2D eigenvalue weighted by Gasteiger charge is -2.10. The van der Waals surface area contributed by atoms with Gasteiger partial charge < -0.3 is 15.4 Å². The molecule has 17 heavy (non-hydrogen) atoms. The number of aliphatic hydroxyl groups is 1. The molecule has 1 aromatic heterocycles. The maximum atomic E-state index is 10.2. The molecule has 0 fully saturated rings. The number of aliphatic hydroxyl groups excluding tert-OH is 1. The molecular weight excluding hydrogens is 238 g/mol. The van der Waals surface area contributed by atoms with E-state index in [1.807, 2.05) is 11.5 Å². The Morgan fingerprint density at radius 1 is 1.53 bits per heavy atom. The summed E-state index contributed by atoms with van der Waals surface area (Å²) in [7, 11) is 0. The first kappa shape index (κ1) is 12.0.